The zero-order chi connectivity index (χ0) is 19.2. The molecule has 142 valence electrons. The molecule has 1 aliphatic carbocycles. The second kappa shape index (κ2) is 6.74. The Morgan fingerprint density at radius 2 is 1.81 bits per heavy atom. The van der Waals surface area contributed by atoms with Crippen molar-refractivity contribution < 1.29 is 17.6 Å². The van der Waals surface area contributed by atoms with Crippen molar-refractivity contribution in [1.82, 2.24) is 19.6 Å². The Kier molecular flexibility index (Phi) is 4.53. The molecule has 0 unspecified atom stereocenters. The van der Waals surface area contributed by atoms with E-state index in [0.29, 0.717) is 12.8 Å². The summed E-state index contributed by atoms with van der Waals surface area (Å²) in [7, 11) is 0. The summed E-state index contributed by atoms with van der Waals surface area (Å²) < 4.78 is 57.6. The second-order valence-corrected chi connectivity index (χ2v) is 7.03. The molecule has 0 aliphatic heterocycles. The molecule has 1 fully saturated rings. The van der Waals surface area contributed by atoms with Gasteiger partial charge >= 0.3 is 6.18 Å². The fourth-order valence-corrected chi connectivity index (χ4v) is 4.06. The van der Waals surface area contributed by atoms with Gasteiger partial charge in [-0.25, -0.2) is 13.9 Å². The summed E-state index contributed by atoms with van der Waals surface area (Å²) in [6, 6.07) is 3.82. The van der Waals surface area contributed by atoms with Gasteiger partial charge in [-0.05, 0) is 25.0 Å². The number of halogens is 5. The Hall–Kier alpha value is -2.22. The van der Waals surface area contributed by atoms with Gasteiger partial charge in [0.05, 0.1) is 10.7 Å². The average Bonchev–Trinajstić information content (AvgIpc) is 3.09. The van der Waals surface area contributed by atoms with Crippen LogP contribution in [0.2, 0.25) is 5.02 Å². The van der Waals surface area contributed by atoms with Crippen molar-refractivity contribution in [2.75, 3.05) is 0 Å². The van der Waals surface area contributed by atoms with Gasteiger partial charge in [0, 0.05) is 17.0 Å². The van der Waals surface area contributed by atoms with E-state index in [2.05, 4.69) is 15.1 Å². The number of benzene rings is 1. The van der Waals surface area contributed by atoms with Crippen molar-refractivity contribution in [2.24, 2.45) is 0 Å². The molecule has 0 N–H and O–H groups in total. The molecule has 1 aliphatic rings. The number of rotatable bonds is 2. The van der Waals surface area contributed by atoms with Crippen LogP contribution in [-0.4, -0.2) is 19.6 Å². The number of hydrogen-bond donors (Lipinski definition) is 0. The highest BCUT2D eigenvalue weighted by Crippen LogP contribution is 2.46. The predicted molar refractivity (Wildman–Crippen MR) is 92.0 cm³/mol. The van der Waals surface area contributed by atoms with Crippen LogP contribution in [0.5, 0.6) is 0 Å². The van der Waals surface area contributed by atoms with Crippen LogP contribution in [0.25, 0.3) is 16.9 Å². The van der Waals surface area contributed by atoms with Crippen LogP contribution >= 0.6 is 11.6 Å². The normalized spacial score (nSPS) is 16.2. The Labute approximate surface area is 157 Å². The summed E-state index contributed by atoms with van der Waals surface area (Å²) >= 11 is 6.14. The summed E-state index contributed by atoms with van der Waals surface area (Å²) in [5.74, 6) is -1.19. The lowest BCUT2D eigenvalue weighted by Crippen LogP contribution is -2.19. The molecule has 4 nitrogen and oxygen atoms in total. The summed E-state index contributed by atoms with van der Waals surface area (Å²) in [5.41, 5.74) is -1.54. The molecule has 3 aromatic rings. The van der Waals surface area contributed by atoms with E-state index >= 15 is 0 Å². The van der Waals surface area contributed by atoms with Gasteiger partial charge in [-0.1, -0.05) is 36.9 Å². The van der Waals surface area contributed by atoms with Crippen LogP contribution in [0, 0.1) is 5.82 Å². The lowest BCUT2D eigenvalue weighted by molar-refractivity contribution is -0.140. The van der Waals surface area contributed by atoms with E-state index < -0.39 is 17.7 Å². The minimum absolute atomic E-state index is 0.0983. The summed E-state index contributed by atoms with van der Waals surface area (Å²) in [4.78, 5) is 7.50. The highest BCUT2D eigenvalue weighted by atomic mass is 35.5. The summed E-state index contributed by atoms with van der Waals surface area (Å²) in [6.07, 6.45) is 0.526. The third kappa shape index (κ3) is 3.16. The highest BCUT2D eigenvalue weighted by Gasteiger charge is 2.41. The molecule has 1 saturated carbocycles. The molecule has 0 atom stereocenters. The van der Waals surface area contributed by atoms with Gasteiger partial charge < -0.3 is 0 Å². The van der Waals surface area contributed by atoms with Gasteiger partial charge in [-0.2, -0.15) is 23.3 Å². The van der Waals surface area contributed by atoms with Gasteiger partial charge in [-0.15, -0.1) is 0 Å². The number of hydrogen-bond acceptors (Lipinski definition) is 3. The van der Waals surface area contributed by atoms with Gasteiger partial charge in [0.2, 0.25) is 0 Å². The van der Waals surface area contributed by atoms with E-state index in [0.717, 1.165) is 31.7 Å². The second-order valence-electron chi connectivity index (χ2n) is 6.62. The molecular formula is C18H15ClF4N4. The Bertz CT molecular complexity index is 973. The topological polar surface area (TPSA) is 43.1 Å². The first-order valence-electron chi connectivity index (χ1n) is 8.63. The predicted octanol–water partition coefficient (Wildman–Crippen LogP) is 5.65. The molecule has 0 bridgehead atoms. The monoisotopic (exact) mass is 398 g/mol. The standard InChI is InChI=1S/C18H15ClF4N4/c19-11-7-4-8-12(20)13(11)14-15(10-5-2-1-3-6-10)27-17(24-9-25-27)26-16(14)18(21,22)23/h4,7-10H,1-3,5-6H2. The van der Waals surface area contributed by atoms with E-state index in [1.165, 1.54) is 16.6 Å². The maximum atomic E-state index is 14.7. The number of alkyl halides is 3. The maximum Gasteiger partial charge on any atom is 0.434 e. The molecule has 0 radical (unpaired) electrons. The molecule has 0 amide bonds. The quantitative estimate of drug-likeness (QED) is 0.524. The lowest BCUT2D eigenvalue weighted by Gasteiger charge is -2.26. The van der Waals surface area contributed by atoms with E-state index in [4.69, 9.17) is 11.6 Å². The van der Waals surface area contributed by atoms with Crippen molar-refractivity contribution in [3.63, 3.8) is 0 Å². The molecule has 4 rings (SSSR count). The Morgan fingerprint density at radius 1 is 1.07 bits per heavy atom. The van der Waals surface area contributed by atoms with Gasteiger partial charge in [-0.3, -0.25) is 0 Å². The largest absolute Gasteiger partial charge is 0.434 e. The molecule has 0 saturated heterocycles. The molecular weight excluding hydrogens is 384 g/mol. The van der Waals surface area contributed by atoms with Crippen LogP contribution in [0.15, 0.2) is 24.5 Å². The Morgan fingerprint density at radius 3 is 2.48 bits per heavy atom. The van der Waals surface area contributed by atoms with Gasteiger partial charge in [0.1, 0.15) is 12.1 Å². The van der Waals surface area contributed by atoms with Crippen molar-refractivity contribution in [1.29, 1.82) is 0 Å². The molecule has 2 aromatic heterocycles. The van der Waals surface area contributed by atoms with Crippen molar-refractivity contribution in [2.45, 2.75) is 44.2 Å². The zero-order valence-corrected chi connectivity index (χ0v) is 14.9. The minimum atomic E-state index is -4.79. The van der Waals surface area contributed by atoms with Crippen LogP contribution in [0.1, 0.15) is 49.4 Å². The summed E-state index contributed by atoms with van der Waals surface area (Å²) in [6.45, 7) is 0. The van der Waals surface area contributed by atoms with Crippen molar-refractivity contribution >= 4 is 17.4 Å². The number of aromatic nitrogens is 4. The SMILES string of the molecule is Fc1cccc(Cl)c1-c1c(C(F)(F)F)nc2ncnn2c1C1CCCCC1. The maximum absolute atomic E-state index is 14.7. The van der Waals surface area contributed by atoms with E-state index in [-0.39, 0.29) is 33.5 Å². The van der Waals surface area contributed by atoms with Crippen molar-refractivity contribution in [3.8, 4) is 11.1 Å². The molecule has 27 heavy (non-hydrogen) atoms. The first kappa shape index (κ1) is 18.2. The fourth-order valence-electron chi connectivity index (χ4n) is 3.81. The van der Waals surface area contributed by atoms with Crippen LogP contribution in [-0.2, 0) is 6.18 Å². The molecule has 0 spiro atoms. The van der Waals surface area contributed by atoms with Gasteiger partial charge in [0.15, 0.2) is 5.69 Å². The molecule has 1 aromatic carbocycles. The molecule has 2 heterocycles. The van der Waals surface area contributed by atoms with E-state index in [1.54, 1.807) is 0 Å². The highest BCUT2D eigenvalue weighted by molar-refractivity contribution is 6.33. The summed E-state index contributed by atoms with van der Waals surface area (Å²) in [5, 5.41) is 3.97. The number of fused-ring (bicyclic) bond motifs is 1. The van der Waals surface area contributed by atoms with Crippen molar-refractivity contribution in [3.05, 3.63) is 46.8 Å². The van der Waals surface area contributed by atoms with E-state index in [1.807, 2.05) is 0 Å². The molecule has 9 heteroatoms. The van der Waals surface area contributed by atoms with Gasteiger partial charge in [0.25, 0.3) is 5.78 Å². The first-order chi connectivity index (χ1) is 12.9. The average molecular weight is 399 g/mol. The fraction of sp³-hybridized carbons (Fsp3) is 0.389. The van der Waals surface area contributed by atoms with E-state index in [9.17, 15) is 17.6 Å². The van der Waals surface area contributed by atoms with Crippen LogP contribution in [0.3, 0.4) is 0 Å². The third-order valence-corrected chi connectivity index (χ3v) is 5.25. The first-order valence-corrected chi connectivity index (χ1v) is 9.01. The van der Waals surface area contributed by atoms with Crippen LogP contribution < -0.4 is 0 Å². The Balaban J connectivity index is 2.13. The van der Waals surface area contributed by atoms with Crippen LogP contribution in [0.4, 0.5) is 17.6 Å². The zero-order valence-electron chi connectivity index (χ0n) is 14.1. The lowest BCUT2D eigenvalue weighted by atomic mass is 9.83. The number of nitrogens with zero attached hydrogens (tertiary/aromatic N) is 4. The minimum Gasteiger partial charge on any atom is -0.206 e. The third-order valence-electron chi connectivity index (χ3n) is 4.94. The smallest absolute Gasteiger partial charge is 0.206 e.